The molecule has 0 spiro atoms. The van der Waals surface area contributed by atoms with Gasteiger partial charge >= 0.3 is 0 Å². The molecule has 1 heterocycles. The van der Waals surface area contributed by atoms with Gasteiger partial charge < -0.3 is 4.52 Å². The molecule has 1 aromatic heterocycles. The van der Waals surface area contributed by atoms with Gasteiger partial charge in [0.25, 0.3) is 0 Å². The van der Waals surface area contributed by atoms with Crippen molar-refractivity contribution in [2.75, 3.05) is 0 Å². The molecule has 0 aliphatic rings. The first-order valence-electron chi connectivity index (χ1n) is 6.02. The van der Waals surface area contributed by atoms with Crippen LogP contribution in [0.3, 0.4) is 0 Å². The van der Waals surface area contributed by atoms with E-state index in [0.717, 1.165) is 10.0 Å². The Labute approximate surface area is 126 Å². The normalized spacial score (nSPS) is 13.4. The van der Waals surface area contributed by atoms with Crippen molar-refractivity contribution in [2.24, 2.45) is 0 Å². The largest absolute Gasteiger partial charge is 0.361 e. The van der Waals surface area contributed by atoms with Gasteiger partial charge in [0.15, 0.2) is 0 Å². The molecule has 108 valence electrons. The molecule has 0 amide bonds. The van der Waals surface area contributed by atoms with E-state index in [2.05, 4.69) is 25.8 Å². The minimum atomic E-state index is -3.58. The summed E-state index contributed by atoms with van der Waals surface area (Å²) in [6.07, 6.45) is 0. The van der Waals surface area contributed by atoms with Crippen LogP contribution in [0.2, 0.25) is 0 Å². The zero-order valence-electron chi connectivity index (χ0n) is 11.3. The second-order valence-corrected chi connectivity index (χ2v) is 7.16. The number of aromatic nitrogens is 1. The molecular weight excluding hydrogens is 344 g/mol. The Morgan fingerprint density at radius 1 is 1.25 bits per heavy atom. The molecule has 2 aromatic rings. The lowest BCUT2D eigenvalue weighted by Crippen LogP contribution is -2.27. The zero-order valence-corrected chi connectivity index (χ0v) is 13.7. The Morgan fingerprint density at radius 3 is 2.35 bits per heavy atom. The van der Waals surface area contributed by atoms with Crippen LogP contribution in [0.15, 0.2) is 38.2 Å². The first-order chi connectivity index (χ1) is 9.31. The van der Waals surface area contributed by atoms with Gasteiger partial charge in [-0.25, -0.2) is 13.1 Å². The number of aryl methyl sites for hydroxylation is 2. The highest BCUT2D eigenvalue weighted by Gasteiger charge is 2.22. The summed E-state index contributed by atoms with van der Waals surface area (Å²) in [6.45, 7) is 5.32. The van der Waals surface area contributed by atoms with Crippen LogP contribution in [0.4, 0.5) is 0 Å². The monoisotopic (exact) mass is 358 g/mol. The molecular formula is C13H15BrN2O3S. The molecule has 0 aliphatic carbocycles. The van der Waals surface area contributed by atoms with E-state index in [0.29, 0.717) is 11.5 Å². The highest BCUT2D eigenvalue weighted by Crippen LogP contribution is 2.23. The minimum absolute atomic E-state index is 0.222. The van der Waals surface area contributed by atoms with Crippen molar-refractivity contribution in [1.29, 1.82) is 0 Å². The lowest BCUT2D eigenvalue weighted by Gasteiger charge is -2.14. The summed E-state index contributed by atoms with van der Waals surface area (Å²) in [5.74, 6) is 0.619. The maximum Gasteiger partial charge on any atom is 0.241 e. The number of halogens is 1. The number of benzene rings is 1. The molecule has 0 radical (unpaired) electrons. The maximum absolute atomic E-state index is 12.3. The molecule has 1 atom stereocenters. The molecule has 1 unspecified atom stereocenters. The number of hydrogen-bond donors (Lipinski definition) is 1. The predicted molar refractivity (Wildman–Crippen MR) is 78.9 cm³/mol. The molecule has 2 rings (SSSR count). The first kappa shape index (κ1) is 15.2. The van der Waals surface area contributed by atoms with Gasteiger partial charge in [-0.1, -0.05) is 21.1 Å². The number of hydrogen-bond acceptors (Lipinski definition) is 4. The van der Waals surface area contributed by atoms with Gasteiger partial charge in [0, 0.05) is 16.1 Å². The van der Waals surface area contributed by atoms with Gasteiger partial charge in [-0.15, -0.1) is 0 Å². The van der Waals surface area contributed by atoms with E-state index in [1.54, 1.807) is 45.0 Å². The number of nitrogens with zero attached hydrogens (tertiary/aromatic N) is 1. The van der Waals surface area contributed by atoms with Gasteiger partial charge in [-0.05, 0) is 45.0 Å². The summed E-state index contributed by atoms with van der Waals surface area (Å²) < 4.78 is 33.1. The minimum Gasteiger partial charge on any atom is -0.361 e. The fourth-order valence-electron chi connectivity index (χ4n) is 2.08. The SMILES string of the molecule is Cc1noc(C)c1C(C)NS(=O)(=O)c1ccc(Br)cc1. The zero-order chi connectivity index (χ0) is 14.9. The second kappa shape index (κ2) is 5.67. The molecule has 0 fully saturated rings. The van der Waals surface area contributed by atoms with Gasteiger partial charge in [0.05, 0.1) is 10.6 Å². The third kappa shape index (κ3) is 3.11. The summed E-state index contributed by atoms with van der Waals surface area (Å²) in [4.78, 5) is 0.222. The quantitative estimate of drug-likeness (QED) is 0.911. The van der Waals surface area contributed by atoms with E-state index < -0.39 is 16.1 Å². The molecule has 0 aliphatic heterocycles. The number of sulfonamides is 1. The Kier molecular flexibility index (Phi) is 4.31. The molecule has 20 heavy (non-hydrogen) atoms. The molecule has 0 bridgehead atoms. The van der Waals surface area contributed by atoms with Gasteiger partial charge in [0.1, 0.15) is 5.76 Å². The maximum atomic E-state index is 12.3. The van der Waals surface area contributed by atoms with E-state index in [1.807, 2.05) is 0 Å². The second-order valence-electron chi connectivity index (χ2n) is 4.53. The molecule has 5 nitrogen and oxygen atoms in total. The van der Waals surface area contributed by atoms with Crippen molar-refractivity contribution in [3.63, 3.8) is 0 Å². The van der Waals surface area contributed by atoms with Crippen molar-refractivity contribution in [1.82, 2.24) is 9.88 Å². The van der Waals surface area contributed by atoms with Crippen molar-refractivity contribution >= 4 is 26.0 Å². The lowest BCUT2D eigenvalue weighted by molar-refractivity contribution is 0.391. The van der Waals surface area contributed by atoms with E-state index in [9.17, 15) is 8.42 Å². The summed E-state index contributed by atoms with van der Waals surface area (Å²) in [5.41, 5.74) is 1.46. The number of rotatable bonds is 4. The smallest absolute Gasteiger partial charge is 0.241 e. The van der Waals surface area contributed by atoms with Crippen LogP contribution >= 0.6 is 15.9 Å². The average Bonchev–Trinajstić information content (AvgIpc) is 2.69. The molecule has 0 saturated carbocycles. The molecule has 7 heteroatoms. The standard InChI is InChI=1S/C13H15BrN2O3S/c1-8-13(10(3)19-15-8)9(2)16-20(17,18)12-6-4-11(14)5-7-12/h4-7,9,16H,1-3H3. The van der Waals surface area contributed by atoms with Gasteiger partial charge in [0.2, 0.25) is 10.0 Å². The summed E-state index contributed by atoms with van der Waals surface area (Å²) in [6, 6.07) is 6.07. The third-order valence-electron chi connectivity index (χ3n) is 2.98. The van der Waals surface area contributed by atoms with Crippen LogP contribution in [-0.4, -0.2) is 13.6 Å². The van der Waals surface area contributed by atoms with Gasteiger partial charge in [-0.3, -0.25) is 0 Å². The Morgan fingerprint density at radius 2 is 1.85 bits per heavy atom. The van der Waals surface area contributed by atoms with Crippen LogP contribution < -0.4 is 4.72 Å². The van der Waals surface area contributed by atoms with Gasteiger partial charge in [-0.2, -0.15) is 0 Å². The van der Waals surface area contributed by atoms with Crippen LogP contribution in [-0.2, 0) is 10.0 Å². The van der Waals surface area contributed by atoms with Crippen LogP contribution in [0, 0.1) is 13.8 Å². The van der Waals surface area contributed by atoms with E-state index >= 15 is 0 Å². The average molecular weight is 359 g/mol. The fourth-order valence-corrected chi connectivity index (χ4v) is 3.56. The van der Waals surface area contributed by atoms with Crippen LogP contribution in [0.25, 0.3) is 0 Å². The Hall–Kier alpha value is -1.18. The summed E-state index contributed by atoms with van der Waals surface area (Å²) in [7, 11) is -3.58. The fraction of sp³-hybridized carbons (Fsp3) is 0.308. The van der Waals surface area contributed by atoms with Crippen molar-refractivity contribution in [3.8, 4) is 0 Å². The highest BCUT2D eigenvalue weighted by molar-refractivity contribution is 9.10. The van der Waals surface area contributed by atoms with E-state index in [1.165, 1.54) is 0 Å². The van der Waals surface area contributed by atoms with Crippen molar-refractivity contribution in [2.45, 2.75) is 31.7 Å². The van der Waals surface area contributed by atoms with Crippen LogP contribution in [0.5, 0.6) is 0 Å². The van der Waals surface area contributed by atoms with E-state index in [-0.39, 0.29) is 4.90 Å². The molecule has 1 N–H and O–H groups in total. The van der Waals surface area contributed by atoms with Crippen molar-refractivity contribution < 1.29 is 12.9 Å². The third-order valence-corrected chi connectivity index (χ3v) is 5.06. The highest BCUT2D eigenvalue weighted by atomic mass is 79.9. The van der Waals surface area contributed by atoms with E-state index in [4.69, 9.17) is 4.52 Å². The topological polar surface area (TPSA) is 72.2 Å². The Balaban J connectivity index is 2.27. The summed E-state index contributed by atoms with van der Waals surface area (Å²) >= 11 is 3.28. The van der Waals surface area contributed by atoms with Crippen molar-refractivity contribution in [3.05, 3.63) is 45.8 Å². The van der Waals surface area contributed by atoms with Crippen LogP contribution in [0.1, 0.15) is 30.0 Å². The first-order valence-corrected chi connectivity index (χ1v) is 8.29. The number of nitrogens with one attached hydrogen (secondary N) is 1. The molecule has 0 saturated heterocycles. The predicted octanol–water partition coefficient (Wildman–Crippen LogP) is 3.09. The Bertz CT molecular complexity index is 688. The molecule has 1 aromatic carbocycles. The lowest BCUT2D eigenvalue weighted by atomic mass is 10.1. The summed E-state index contributed by atoms with van der Waals surface area (Å²) in [5, 5.41) is 3.84.